The minimum atomic E-state index is -1.50. The monoisotopic (exact) mass is 659 g/mol. The van der Waals surface area contributed by atoms with Crippen LogP contribution in [-0.4, -0.2) is 87.4 Å². The van der Waals surface area contributed by atoms with Gasteiger partial charge in [0.15, 0.2) is 6.10 Å². The van der Waals surface area contributed by atoms with Gasteiger partial charge in [-0.3, -0.25) is 9.59 Å². The van der Waals surface area contributed by atoms with Crippen LogP contribution in [0.3, 0.4) is 0 Å². The smallest absolute Gasteiger partial charge is 0.361 e. The molecule has 0 saturated carbocycles. The van der Waals surface area contributed by atoms with Crippen LogP contribution in [0.25, 0.3) is 0 Å². The highest BCUT2D eigenvalue weighted by Gasteiger charge is 2.25. The molecule has 0 aromatic heterocycles. The van der Waals surface area contributed by atoms with Gasteiger partial charge in [-0.15, -0.1) is 0 Å². The Balaban J connectivity index is 4.37. The van der Waals surface area contributed by atoms with Crippen LogP contribution in [0, 0.1) is 0 Å². The van der Waals surface area contributed by atoms with Crippen molar-refractivity contribution in [1.29, 1.82) is 0 Å². The summed E-state index contributed by atoms with van der Waals surface area (Å²) in [5.74, 6) is -2.01. The summed E-state index contributed by atoms with van der Waals surface area (Å²) in [4.78, 5) is 36.5. The van der Waals surface area contributed by atoms with Gasteiger partial charge in [-0.05, 0) is 12.8 Å². The van der Waals surface area contributed by atoms with Gasteiger partial charge in [0.2, 0.25) is 0 Å². The fourth-order valence-corrected chi connectivity index (χ4v) is 5.13. The molecule has 0 aliphatic heterocycles. The number of carbonyl (C=O) groups is 3. The summed E-state index contributed by atoms with van der Waals surface area (Å²) in [7, 11) is 5.94. The zero-order valence-electron chi connectivity index (χ0n) is 30.5. The molecule has 1 N–H and O–H groups in total. The second-order valence-corrected chi connectivity index (χ2v) is 13.9. The molecule has 0 spiro atoms. The van der Waals surface area contributed by atoms with E-state index in [-0.39, 0.29) is 32.2 Å². The Kier molecular flexibility index (Phi) is 29.5. The molecule has 0 fully saturated rings. The van der Waals surface area contributed by atoms with Crippen molar-refractivity contribution in [2.24, 2.45) is 0 Å². The predicted molar refractivity (Wildman–Crippen MR) is 185 cm³/mol. The van der Waals surface area contributed by atoms with Crippen molar-refractivity contribution in [3.05, 3.63) is 0 Å². The first-order valence-electron chi connectivity index (χ1n) is 18.7. The summed E-state index contributed by atoms with van der Waals surface area (Å²) in [5, 5.41) is 9.53. The zero-order chi connectivity index (χ0) is 34.3. The normalized spacial score (nSPS) is 13.0. The number of unbranched alkanes of at least 4 members (excludes halogenated alkanes) is 19. The summed E-state index contributed by atoms with van der Waals surface area (Å²) in [6.07, 6.45) is 23.4. The van der Waals surface area contributed by atoms with Gasteiger partial charge in [-0.25, -0.2) is 4.79 Å². The lowest BCUT2D eigenvalue weighted by atomic mass is 10.0. The highest BCUT2D eigenvalue weighted by atomic mass is 16.7. The number of esters is 2. The maximum absolute atomic E-state index is 12.6. The minimum Gasteiger partial charge on any atom is -0.477 e. The molecular weight excluding hydrogens is 586 g/mol. The van der Waals surface area contributed by atoms with Crippen LogP contribution in [0.15, 0.2) is 0 Å². The molecule has 0 saturated heterocycles. The number of nitrogens with zero attached hydrogens (tertiary/aromatic N) is 1. The van der Waals surface area contributed by atoms with E-state index in [0.29, 0.717) is 17.4 Å². The molecular formula is C37H72NO8+. The quantitative estimate of drug-likeness (QED) is 0.0317. The van der Waals surface area contributed by atoms with Crippen LogP contribution in [-0.2, 0) is 33.3 Å². The summed E-state index contributed by atoms with van der Waals surface area (Å²) in [6.45, 7) is 4.78. The molecule has 0 bridgehead atoms. The van der Waals surface area contributed by atoms with Crippen molar-refractivity contribution in [3.8, 4) is 0 Å². The minimum absolute atomic E-state index is 0.177. The van der Waals surface area contributed by atoms with Crippen LogP contribution in [0.5, 0.6) is 0 Å². The molecule has 0 aromatic carbocycles. The number of carbonyl (C=O) groups excluding carboxylic acids is 2. The Labute approximate surface area is 282 Å². The average Bonchev–Trinajstić information content (AvgIpc) is 3.00. The molecule has 2 atom stereocenters. The number of likely N-dealkylation sites (N-methyl/N-ethyl adjacent to an activating group) is 1. The first-order valence-corrected chi connectivity index (χ1v) is 18.7. The molecule has 0 rings (SSSR count). The standard InChI is InChI=1S/C37H71NO8/c1-6-8-10-12-13-14-15-16-17-18-19-20-21-22-24-26-28-35(40)46-33(31-44-34(39)27-25-23-11-9-7-2)32-45-37(36(41)42)43-30-29-38(3,4)5/h33,37H,6-32H2,1-5H3/p+1. The number of aliphatic carboxylic acids is 1. The van der Waals surface area contributed by atoms with E-state index < -0.39 is 24.3 Å². The molecule has 0 aromatic rings. The third kappa shape index (κ3) is 30.9. The summed E-state index contributed by atoms with van der Waals surface area (Å²) in [6, 6.07) is 0. The van der Waals surface area contributed by atoms with E-state index >= 15 is 0 Å². The lowest BCUT2D eigenvalue weighted by Gasteiger charge is -2.25. The topological polar surface area (TPSA) is 108 Å². The molecule has 2 unspecified atom stereocenters. The van der Waals surface area contributed by atoms with E-state index in [0.717, 1.165) is 51.4 Å². The van der Waals surface area contributed by atoms with E-state index in [9.17, 15) is 19.5 Å². The van der Waals surface area contributed by atoms with E-state index in [4.69, 9.17) is 18.9 Å². The molecule has 0 amide bonds. The van der Waals surface area contributed by atoms with Crippen LogP contribution in [0.2, 0.25) is 0 Å². The van der Waals surface area contributed by atoms with Gasteiger partial charge in [0.1, 0.15) is 13.2 Å². The summed E-state index contributed by atoms with van der Waals surface area (Å²) in [5.41, 5.74) is 0. The van der Waals surface area contributed by atoms with Crippen molar-refractivity contribution in [2.75, 3.05) is 47.5 Å². The van der Waals surface area contributed by atoms with E-state index in [1.807, 2.05) is 21.1 Å². The van der Waals surface area contributed by atoms with Gasteiger partial charge in [-0.2, -0.15) is 0 Å². The maximum atomic E-state index is 12.6. The van der Waals surface area contributed by atoms with Crippen LogP contribution in [0.4, 0.5) is 0 Å². The fraction of sp³-hybridized carbons (Fsp3) is 0.919. The van der Waals surface area contributed by atoms with E-state index in [1.54, 1.807) is 0 Å². The second-order valence-electron chi connectivity index (χ2n) is 13.9. The Morgan fingerprint density at radius 2 is 0.978 bits per heavy atom. The summed E-state index contributed by atoms with van der Waals surface area (Å²) >= 11 is 0. The van der Waals surface area contributed by atoms with Crippen molar-refractivity contribution in [3.63, 3.8) is 0 Å². The Morgan fingerprint density at radius 3 is 1.39 bits per heavy atom. The number of hydrogen-bond donors (Lipinski definition) is 1. The largest absolute Gasteiger partial charge is 0.477 e. The third-order valence-electron chi connectivity index (χ3n) is 8.11. The number of hydrogen-bond acceptors (Lipinski definition) is 7. The SMILES string of the molecule is CCCCCCCCCCCCCCCCCCC(=O)OC(COC(=O)CCCCCCC)COC(OCC[N+](C)(C)C)C(=O)O. The highest BCUT2D eigenvalue weighted by molar-refractivity contribution is 5.71. The van der Waals surface area contributed by atoms with Crippen molar-refractivity contribution in [2.45, 2.75) is 174 Å². The first kappa shape index (κ1) is 44.3. The molecule has 0 heterocycles. The third-order valence-corrected chi connectivity index (χ3v) is 8.11. The van der Waals surface area contributed by atoms with Gasteiger partial charge in [0, 0.05) is 12.8 Å². The lowest BCUT2D eigenvalue weighted by Crippen LogP contribution is -2.40. The van der Waals surface area contributed by atoms with Gasteiger partial charge < -0.3 is 28.5 Å². The Morgan fingerprint density at radius 1 is 0.565 bits per heavy atom. The van der Waals surface area contributed by atoms with Crippen molar-refractivity contribution >= 4 is 17.9 Å². The van der Waals surface area contributed by atoms with E-state index in [2.05, 4.69) is 13.8 Å². The Hall–Kier alpha value is -1.71. The van der Waals surface area contributed by atoms with E-state index in [1.165, 1.54) is 83.5 Å². The number of ether oxygens (including phenoxy) is 4. The predicted octanol–water partition coefficient (Wildman–Crippen LogP) is 8.60. The first-order chi connectivity index (χ1) is 22.1. The van der Waals surface area contributed by atoms with Crippen LogP contribution < -0.4 is 0 Å². The fourth-order valence-electron chi connectivity index (χ4n) is 5.13. The molecule has 46 heavy (non-hydrogen) atoms. The molecule has 0 aliphatic carbocycles. The molecule has 0 radical (unpaired) electrons. The molecule has 0 aliphatic rings. The van der Waals surface area contributed by atoms with Crippen molar-refractivity contribution in [1.82, 2.24) is 0 Å². The average molecular weight is 659 g/mol. The maximum Gasteiger partial charge on any atom is 0.361 e. The van der Waals surface area contributed by atoms with Gasteiger partial charge in [-0.1, -0.05) is 136 Å². The van der Waals surface area contributed by atoms with Crippen LogP contribution in [0.1, 0.15) is 162 Å². The Bertz CT molecular complexity index is 739. The number of carboxylic acid groups (broad SMARTS) is 1. The number of quaternary nitrogens is 1. The molecule has 272 valence electrons. The lowest BCUT2D eigenvalue weighted by molar-refractivity contribution is -0.870. The van der Waals surface area contributed by atoms with Crippen molar-refractivity contribution < 1.29 is 42.9 Å². The van der Waals surface area contributed by atoms with Gasteiger partial charge in [0.25, 0.3) is 6.29 Å². The van der Waals surface area contributed by atoms with Gasteiger partial charge in [0.05, 0.1) is 34.4 Å². The van der Waals surface area contributed by atoms with Gasteiger partial charge >= 0.3 is 17.9 Å². The van der Waals surface area contributed by atoms with Crippen LogP contribution >= 0.6 is 0 Å². The second kappa shape index (κ2) is 30.6. The number of carboxylic acids is 1. The number of rotatable bonds is 34. The summed E-state index contributed by atoms with van der Waals surface area (Å²) < 4.78 is 22.5. The highest BCUT2D eigenvalue weighted by Crippen LogP contribution is 2.15. The molecule has 9 heteroatoms. The molecule has 9 nitrogen and oxygen atoms in total. The zero-order valence-corrected chi connectivity index (χ0v) is 30.5.